The van der Waals surface area contributed by atoms with Crippen LogP contribution in [0.25, 0.3) is 11.4 Å². The molecule has 2 aromatic rings. The van der Waals surface area contributed by atoms with Crippen molar-refractivity contribution >= 4 is 21.6 Å². The molecule has 0 atom stereocenters. The third kappa shape index (κ3) is 2.52. The van der Waals surface area contributed by atoms with E-state index >= 15 is 0 Å². The summed E-state index contributed by atoms with van der Waals surface area (Å²) in [4.78, 5) is 0. The molecule has 1 heterocycles. The van der Waals surface area contributed by atoms with Gasteiger partial charge >= 0.3 is 0 Å². The van der Waals surface area contributed by atoms with E-state index in [9.17, 15) is 0 Å². The van der Waals surface area contributed by atoms with Crippen molar-refractivity contribution in [2.75, 3.05) is 5.73 Å². The first-order valence-electron chi connectivity index (χ1n) is 6.70. The number of aromatic nitrogens is 3. The summed E-state index contributed by atoms with van der Waals surface area (Å²) in [5.41, 5.74) is 7.80. The van der Waals surface area contributed by atoms with Gasteiger partial charge in [-0.05, 0) is 31.0 Å². The molecule has 3 rings (SSSR count). The highest BCUT2D eigenvalue weighted by Gasteiger charge is 2.20. The zero-order valence-corrected chi connectivity index (χ0v) is 12.3. The lowest BCUT2D eigenvalue weighted by Crippen LogP contribution is -2.13. The number of halogens is 1. The Morgan fingerprint density at radius 2 is 2.00 bits per heavy atom. The molecule has 0 spiro atoms. The van der Waals surface area contributed by atoms with Crippen LogP contribution in [0.2, 0.25) is 0 Å². The summed E-state index contributed by atoms with van der Waals surface area (Å²) in [6, 6.07) is 6.42. The highest BCUT2D eigenvalue weighted by molar-refractivity contribution is 9.10. The van der Waals surface area contributed by atoms with Crippen molar-refractivity contribution in [2.45, 2.75) is 38.1 Å². The second kappa shape index (κ2) is 5.33. The number of nitrogens with zero attached hydrogens (tertiary/aromatic N) is 3. The predicted molar refractivity (Wildman–Crippen MR) is 79.7 cm³/mol. The van der Waals surface area contributed by atoms with Gasteiger partial charge in [0.25, 0.3) is 0 Å². The summed E-state index contributed by atoms with van der Waals surface area (Å²) in [6.45, 7) is 0. The molecule has 0 bridgehead atoms. The van der Waals surface area contributed by atoms with E-state index < -0.39 is 0 Å². The molecule has 5 heteroatoms. The molecule has 1 aromatic heterocycles. The first kappa shape index (κ1) is 12.7. The summed E-state index contributed by atoms with van der Waals surface area (Å²) in [6.07, 6.45) is 8.18. The van der Waals surface area contributed by atoms with E-state index in [0.29, 0.717) is 6.04 Å². The van der Waals surface area contributed by atoms with Crippen molar-refractivity contribution < 1.29 is 0 Å². The lowest BCUT2D eigenvalue weighted by molar-refractivity contribution is 0.355. The minimum atomic E-state index is 0.516. The smallest absolute Gasteiger partial charge is 0.166 e. The topological polar surface area (TPSA) is 56.7 Å². The standard InChI is InChI=1S/C14H17BrN4/c15-10-6-7-12(13(16)8-10)14-18-17-9-19(14)11-4-2-1-3-5-11/h6-9,11H,1-5,16H2. The van der Waals surface area contributed by atoms with Crippen LogP contribution in [0.1, 0.15) is 38.1 Å². The van der Waals surface area contributed by atoms with Gasteiger partial charge in [-0.15, -0.1) is 10.2 Å². The average molecular weight is 321 g/mol. The maximum absolute atomic E-state index is 6.10. The van der Waals surface area contributed by atoms with E-state index in [2.05, 4.69) is 30.7 Å². The van der Waals surface area contributed by atoms with Gasteiger partial charge < -0.3 is 10.3 Å². The van der Waals surface area contributed by atoms with Gasteiger partial charge in [0.1, 0.15) is 6.33 Å². The molecule has 0 aliphatic heterocycles. The molecule has 1 aliphatic rings. The van der Waals surface area contributed by atoms with Crippen LogP contribution < -0.4 is 5.73 Å². The number of nitrogen functional groups attached to an aromatic ring is 1. The van der Waals surface area contributed by atoms with E-state index in [1.54, 1.807) is 0 Å². The van der Waals surface area contributed by atoms with Crippen LogP contribution in [0.4, 0.5) is 5.69 Å². The molecule has 1 fully saturated rings. The maximum Gasteiger partial charge on any atom is 0.166 e. The highest BCUT2D eigenvalue weighted by Crippen LogP contribution is 2.33. The normalized spacial score (nSPS) is 16.7. The van der Waals surface area contributed by atoms with E-state index in [-0.39, 0.29) is 0 Å². The quantitative estimate of drug-likeness (QED) is 0.856. The molecule has 0 amide bonds. The minimum absolute atomic E-state index is 0.516. The third-order valence-electron chi connectivity index (χ3n) is 3.80. The molecule has 1 aliphatic carbocycles. The van der Waals surface area contributed by atoms with Gasteiger partial charge in [0.05, 0.1) is 0 Å². The fourth-order valence-electron chi connectivity index (χ4n) is 2.80. The monoisotopic (exact) mass is 320 g/mol. The zero-order chi connectivity index (χ0) is 13.2. The second-order valence-electron chi connectivity index (χ2n) is 5.09. The van der Waals surface area contributed by atoms with Gasteiger partial charge in [0.15, 0.2) is 5.82 Å². The van der Waals surface area contributed by atoms with Crippen LogP contribution >= 0.6 is 15.9 Å². The lowest BCUT2D eigenvalue weighted by atomic mass is 9.95. The van der Waals surface area contributed by atoms with E-state index in [1.165, 1.54) is 32.1 Å². The summed E-state index contributed by atoms with van der Waals surface area (Å²) in [7, 11) is 0. The molecule has 0 radical (unpaired) electrons. The largest absolute Gasteiger partial charge is 0.398 e. The molecule has 0 saturated heterocycles. The van der Waals surface area contributed by atoms with Crippen molar-refractivity contribution in [2.24, 2.45) is 0 Å². The molecule has 19 heavy (non-hydrogen) atoms. The molecular weight excluding hydrogens is 304 g/mol. The van der Waals surface area contributed by atoms with Gasteiger partial charge in [0.2, 0.25) is 0 Å². The number of anilines is 1. The minimum Gasteiger partial charge on any atom is -0.398 e. The molecule has 1 aromatic carbocycles. The Bertz CT molecular complexity index is 573. The number of benzene rings is 1. The molecule has 0 unspecified atom stereocenters. The van der Waals surface area contributed by atoms with Gasteiger partial charge in [-0.1, -0.05) is 35.2 Å². The lowest BCUT2D eigenvalue weighted by Gasteiger charge is -2.24. The van der Waals surface area contributed by atoms with Gasteiger partial charge in [-0.2, -0.15) is 0 Å². The van der Waals surface area contributed by atoms with Crippen LogP contribution in [0, 0.1) is 0 Å². The number of nitrogens with two attached hydrogens (primary N) is 1. The number of hydrogen-bond acceptors (Lipinski definition) is 3. The van der Waals surface area contributed by atoms with Crippen molar-refractivity contribution in [1.82, 2.24) is 14.8 Å². The van der Waals surface area contributed by atoms with Crippen LogP contribution in [0.5, 0.6) is 0 Å². The first-order valence-corrected chi connectivity index (χ1v) is 7.50. The van der Waals surface area contributed by atoms with Crippen molar-refractivity contribution in [3.8, 4) is 11.4 Å². The number of hydrogen-bond donors (Lipinski definition) is 1. The van der Waals surface area contributed by atoms with Crippen LogP contribution in [0.15, 0.2) is 29.0 Å². The van der Waals surface area contributed by atoms with Gasteiger partial charge in [0, 0.05) is 21.8 Å². The summed E-state index contributed by atoms with van der Waals surface area (Å²) in [5.74, 6) is 0.886. The Balaban J connectivity index is 1.99. The molecule has 1 saturated carbocycles. The van der Waals surface area contributed by atoms with E-state index in [1.807, 2.05) is 24.5 Å². The summed E-state index contributed by atoms with van der Waals surface area (Å²) in [5, 5.41) is 8.35. The Kier molecular flexibility index (Phi) is 3.55. The molecule has 2 N–H and O–H groups in total. The van der Waals surface area contributed by atoms with Gasteiger partial charge in [-0.3, -0.25) is 0 Å². The zero-order valence-electron chi connectivity index (χ0n) is 10.7. The molecular formula is C14H17BrN4. The van der Waals surface area contributed by atoms with Crippen molar-refractivity contribution in [3.63, 3.8) is 0 Å². The Morgan fingerprint density at radius 3 is 2.74 bits per heavy atom. The third-order valence-corrected chi connectivity index (χ3v) is 4.29. The average Bonchev–Trinajstić information content (AvgIpc) is 2.89. The second-order valence-corrected chi connectivity index (χ2v) is 6.00. The Morgan fingerprint density at radius 1 is 1.21 bits per heavy atom. The SMILES string of the molecule is Nc1cc(Br)ccc1-c1nncn1C1CCCCC1. The van der Waals surface area contributed by atoms with Crippen molar-refractivity contribution in [1.29, 1.82) is 0 Å². The molecule has 4 nitrogen and oxygen atoms in total. The van der Waals surface area contributed by atoms with Crippen LogP contribution in [0.3, 0.4) is 0 Å². The summed E-state index contributed by atoms with van der Waals surface area (Å²) >= 11 is 3.43. The Hall–Kier alpha value is -1.36. The highest BCUT2D eigenvalue weighted by atomic mass is 79.9. The fraction of sp³-hybridized carbons (Fsp3) is 0.429. The number of rotatable bonds is 2. The van der Waals surface area contributed by atoms with Gasteiger partial charge in [-0.25, -0.2) is 0 Å². The van der Waals surface area contributed by atoms with Crippen molar-refractivity contribution in [3.05, 3.63) is 29.0 Å². The van der Waals surface area contributed by atoms with Crippen LogP contribution in [-0.4, -0.2) is 14.8 Å². The van der Waals surface area contributed by atoms with E-state index in [4.69, 9.17) is 5.73 Å². The summed E-state index contributed by atoms with van der Waals surface area (Å²) < 4.78 is 3.18. The fourth-order valence-corrected chi connectivity index (χ4v) is 3.18. The Labute approximate surface area is 121 Å². The first-order chi connectivity index (χ1) is 9.25. The maximum atomic E-state index is 6.10. The van der Waals surface area contributed by atoms with Crippen LogP contribution in [-0.2, 0) is 0 Å². The van der Waals surface area contributed by atoms with E-state index in [0.717, 1.165) is 21.5 Å². The predicted octanol–water partition coefficient (Wildman–Crippen LogP) is 3.80. The molecule has 100 valence electrons.